The first-order chi connectivity index (χ1) is 15.3. The van der Waals surface area contributed by atoms with Gasteiger partial charge in [0.15, 0.2) is 11.6 Å². The van der Waals surface area contributed by atoms with Gasteiger partial charge in [0.1, 0.15) is 5.69 Å². The number of carboxylic acids is 1. The molecule has 168 valence electrons. The predicted molar refractivity (Wildman–Crippen MR) is 117 cm³/mol. The summed E-state index contributed by atoms with van der Waals surface area (Å²) in [5.41, 5.74) is -1.16. The van der Waals surface area contributed by atoms with E-state index in [4.69, 9.17) is 4.74 Å². The molecular formula is C24H24F2N2O4. The molecule has 2 rings (SSSR count). The quantitative estimate of drug-likeness (QED) is 0.307. The van der Waals surface area contributed by atoms with Gasteiger partial charge < -0.3 is 20.5 Å². The Bertz CT molecular complexity index is 1010. The lowest BCUT2D eigenvalue weighted by Gasteiger charge is -2.32. The second kappa shape index (κ2) is 11.6. The van der Waals surface area contributed by atoms with Gasteiger partial charge in [-0.25, -0.2) is 13.6 Å². The maximum absolute atomic E-state index is 14.5. The summed E-state index contributed by atoms with van der Waals surface area (Å²) in [6.07, 6.45) is 1.25. The Hall–Kier alpha value is -3.70. The van der Waals surface area contributed by atoms with Crippen LogP contribution in [0.4, 0.5) is 19.3 Å². The highest BCUT2D eigenvalue weighted by Gasteiger charge is 2.33. The Kier molecular flexibility index (Phi) is 8.93. The highest BCUT2D eigenvalue weighted by molar-refractivity contribution is 5.90. The molecule has 0 aliphatic rings. The van der Waals surface area contributed by atoms with Gasteiger partial charge in [-0.05, 0) is 30.7 Å². The predicted octanol–water partition coefficient (Wildman–Crippen LogP) is 4.31. The van der Waals surface area contributed by atoms with Crippen molar-refractivity contribution in [3.05, 3.63) is 77.9 Å². The van der Waals surface area contributed by atoms with Crippen molar-refractivity contribution in [3.8, 4) is 11.8 Å². The first-order valence-corrected chi connectivity index (χ1v) is 9.84. The Morgan fingerprint density at radius 1 is 1.16 bits per heavy atom. The lowest BCUT2D eigenvalue weighted by Crippen LogP contribution is -2.54. The largest absolute Gasteiger partial charge is 0.481 e. The number of carbonyl (C=O) groups excluding carboxylic acids is 1. The van der Waals surface area contributed by atoms with Gasteiger partial charge in [0, 0.05) is 11.1 Å². The van der Waals surface area contributed by atoms with Crippen LogP contribution in [0, 0.1) is 23.5 Å². The number of anilines is 1. The second-order valence-electron chi connectivity index (χ2n) is 7.02. The number of urea groups is 1. The van der Waals surface area contributed by atoms with Crippen molar-refractivity contribution >= 4 is 17.7 Å². The maximum Gasteiger partial charge on any atom is 0.319 e. The summed E-state index contributed by atoms with van der Waals surface area (Å²) in [5, 5.41) is 13.8. The van der Waals surface area contributed by atoms with E-state index in [2.05, 4.69) is 29.1 Å². The molecule has 0 heterocycles. The molecule has 0 saturated carbocycles. The molecule has 0 spiro atoms. The Balaban J connectivity index is 2.17. The Labute approximate surface area is 185 Å². The molecule has 0 radical (unpaired) electrons. The molecule has 1 atom stereocenters. The van der Waals surface area contributed by atoms with E-state index in [1.807, 2.05) is 6.07 Å². The standard InChI is InChI=1S/C24H24F2N2O4/c1-3-12-32-16-24(4-2,15-21(29)30)28-23(31)27-22-19(25)13-18(14-20(22)26)11-10-17-8-6-5-7-9-17/h3,5-9,13-14H,1,4,12,15-16H2,2H3,(H,29,30)(H2,27,28,31). The maximum atomic E-state index is 14.5. The lowest BCUT2D eigenvalue weighted by molar-refractivity contribution is -0.139. The third-order valence-corrected chi connectivity index (χ3v) is 4.56. The fourth-order valence-electron chi connectivity index (χ4n) is 2.89. The summed E-state index contributed by atoms with van der Waals surface area (Å²) in [6.45, 7) is 5.21. The van der Waals surface area contributed by atoms with E-state index in [9.17, 15) is 23.5 Å². The number of hydrogen-bond acceptors (Lipinski definition) is 3. The van der Waals surface area contributed by atoms with E-state index in [1.165, 1.54) is 6.08 Å². The highest BCUT2D eigenvalue weighted by atomic mass is 19.1. The number of ether oxygens (including phenoxy) is 1. The van der Waals surface area contributed by atoms with Crippen LogP contribution < -0.4 is 10.6 Å². The Morgan fingerprint density at radius 3 is 2.34 bits per heavy atom. The van der Waals surface area contributed by atoms with E-state index in [0.717, 1.165) is 12.1 Å². The van der Waals surface area contributed by atoms with Gasteiger partial charge in [0.05, 0.1) is 25.2 Å². The molecule has 6 nitrogen and oxygen atoms in total. The Morgan fingerprint density at radius 2 is 1.78 bits per heavy atom. The average molecular weight is 442 g/mol. The highest BCUT2D eigenvalue weighted by Crippen LogP contribution is 2.22. The number of aliphatic carboxylic acids is 1. The average Bonchev–Trinajstić information content (AvgIpc) is 2.75. The molecule has 2 amide bonds. The van der Waals surface area contributed by atoms with Crippen molar-refractivity contribution in [1.29, 1.82) is 0 Å². The van der Waals surface area contributed by atoms with Crippen molar-refractivity contribution in [2.24, 2.45) is 0 Å². The van der Waals surface area contributed by atoms with Crippen molar-refractivity contribution in [3.63, 3.8) is 0 Å². The van der Waals surface area contributed by atoms with Gasteiger partial charge in [-0.1, -0.05) is 43.0 Å². The van der Waals surface area contributed by atoms with Crippen LogP contribution in [0.3, 0.4) is 0 Å². The molecule has 8 heteroatoms. The van der Waals surface area contributed by atoms with Crippen LogP contribution in [0.15, 0.2) is 55.1 Å². The number of carbonyl (C=O) groups is 2. The molecule has 2 aromatic carbocycles. The molecule has 2 aromatic rings. The molecule has 0 aliphatic heterocycles. The van der Waals surface area contributed by atoms with E-state index in [1.54, 1.807) is 31.2 Å². The summed E-state index contributed by atoms with van der Waals surface area (Å²) >= 11 is 0. The van der Waals surface area contributed by atoms with Gasteiger partial charge in [-0.2, -0.15) is 0 Å². The second-order valence-corrected chi connectivity index (χ2v) is 7.02. The third-order valence-electron chi connectivity index (χ3n) is 4.56. The summed E-state index contributed by atoms with van der Waals surface area (Å²) in [4.78, 5) is 23.7. The third kappa shape index (κ3) is 7.22. The molecule has 0 saturated heterocycles. The summed E-state index contributed by atoms with van der Waals surface area (Å²) in [7, 11) is 0. The topological polar surface area (TPSA) is 87.7 Å². The lowest BCUT2D eigenvalue weighted by atomic mass is 9.93. The fraction of sp³-hybridized carbons (Fsp3) is 0.250. The molecular weight excluding hydrogens is 418 g/mol. The SMILES string of the molecule is C=CCOCC(CC)(CC(=O)O)NC(=O)Nc1c(F)cc(C#Cc2ccccc2)cc1F. The van der Waals surface area contributed by atoms with Crippen molar-refractivity contribution in [1.82, 2.24) is 5.32 Å². The number of carboxylic acid groups (broad SMARTS) is 1. The first-order valence-electron chi connectivity index (χ1n) is 9.84. The van der Waals surface area contributed by atoms with Crippen LogP contribution in [-0.2, 0) is 9.53 Å². The van der Waals surface area contributed by atoms with Gasteiger partial charge in [-0.15, -0.1) is 6.58 Å². The number of amides is 2. The van der Waals surface area contributed by atoms with Crippen LogP contribution in [0.1, 0.15) is 30.9 Å². The number of nitrogens with one attached hydrogen (secondary N) is 2. The molecule has 0 aromatic heterocycles. The van der Waals surface area contributed by atoms with Gasteiger partial charge in [0.2, 0.25) is 0 Å². The minimum atomic E-state index is -1.27. The zero-order valence-corrected chi connectivity index (χ0v) is 17.6. The van der Waals surface area contributed by atoms with Gasteiger partial charge >= 0.3 is 12.0 Å². The van der Waals surface area contributed by atoms with Crippen LogP contribution >= 0.6 is 0 Å². The molecule has 0 fully saturated rings. The van der Waals surface area contributed by atoms with E-state index < -0.39 is 41.3 Å². The fourth-order valence-corrected chi connectivity index (χ4v) is 2.89. The van der Waals surface area contributed by atoms with E-state index >= 15 is 0 Å². The number of benzene rings is 2. The van der Waals surface area contributed by atoms with Crippen molar-refractivity contribution < 1.29 is 28.2 Å². The zero-order valence-electron chi connectivity index (χ0n) is 17.6. The van der Waals surface area contributed by atoms with Crippen LogP contribution in [-0.4, -0.2) is 35.9 Å². The number of hydrogen-bond donors (Lipinski definition) is 3. The monoisotopic (exact) mass is 442 g/mol. The molecule has 1 unspecified atom stereocenters. The van der Waals surface area contributed by atoms with Crippen LogP contribution in [0.5, 0.6) is 0 Å². The smallest absolute Gasteiger partial charge is 0.319 e. The normalized spacial score (nSPS) is 12.1. The van der Waals surface area contributed by atoms with Crippen LogP contribution in [0.25, 0.3) is 0 Å². The van der Waals surface area contributed by atoms with Gasteiger partial charge in [-0.3, -0.25) is 4.79 Å². The summed E-state index contributed by atoms with van der Waals surface area (Å²) in [6, 6.07) is 9.98. The van der Waals surface area contributed by atoms with E-state index in [0.29, 0.717) is 5.56 Å². The zero-order chi connectivity index (χ0) is 23.6. The first kappa shape index (κ1) is 24.6. The van der Waals surface area contributed by atoms with E-state index in [-0.39, 0.29) is 25.2 Å². The van der Waals surface area contributed by atoms with Crippen molar-refractivity contribution in [2.75, 3.05) is 18.5 Å². The van der Waals surface area contributed by atoms with Crippen LogP contribution in [0.2, 0.25) is 0 Å². The molecule has 0 aliphatic carbocycles. The summed E-state index contributed by atoms with van der Waals surface area (Å²) < 4.78 is 34.3. The number of halogens is 2. The summed E-state index contributed by atoms with van der Waals surface area (Å²) in [5.74, 6) is 2.28. The molecule has 3 N–H and O–H groups in total. The molecule has 32 heavy (non-hydrogen) atoms. The minimum absolute atomic E-state index is 0.0985. The van der Waals surface area contributed by atoms with Crippen molar-refractivity contribution in [2.45, 2.75) is 25.3 Å². The molecule has 0 bridgehead atoms. The minimum Gasteiger partial charge on any atom is -0.481 e. The number of rotatable bonds is 9. The van der Waals surface area contributed by atoms with Gasteiger partial charge in [0.25, 0.3) is 0 Å².